The molecule has 2 rings (SSSR count). The first-order valence-electron chi connectivity index (χ1n) is 9.34. The first-order valence-corrected chi connectivity index (χ1v) is 9.71. The maximum absolute atomic E-state index is 12.5. The largest absolute Gasteiger partial charge is 0.347 e. The molecule has 0 bridgehead atoms. The van der Waals surface area contributed by atoms with Crippen molar-refractivity contribution in [2.24, 2.45) is 15.9 Å². The van der Waals surface area contributed by atoms with Crippen molar-refractivity contribution < 1.29 is 4.79 Å². The number of carbonyl (C=O) groups excluding carboxylic acids is 1. The molecule has 0 fully saturated rings. The van der Waals surface area contributed by atoms with Gasteiger partial charge in [0.15, 0.2) is 0 Å². The fourth-order valence-corrected chi connectivity index (χ4v) is 2.92. The van der Waals surface area contributed by atoms with Gasteiger partial charge in [0, 0.05) is 27.9 Å². The molecule has 0 aliphatic rings. The highest BCUT2D eigenvalue weighted by molar-refractivity contribution is 6.31. The third-order valence-electron chi connectivity index (χ3n) is 4.16. The van der Waals surface area contributed by atoms with Crippen LogP contribution in [0.4, 0.5) is 0 Å². The third kappa shape index (κ3) is 6.29. The Labute approximate surface area is 175 Å². The van der Waals surface area contributed by atoms with Crippen LogP contribution in [0.2, 0.25) is 5.02 Å². The first-order chi connectivity index (χ1) is 13.7. The number of pyridine rings is 1. The van der Waals surface area contributed by atoms with Crippen molar-refractivity contribution in [3.05, 3.63) is 57.1 Å². The summed E-state index contributed by atoms with van der Waals surface area (Å²) in [6.45, 7) is 11.0. The van der Waals surface area contributed by atoms with Crippen LogP contribution in [0.5, 0.6) is 0 Å². The van der Waals surface area contributed by atoms with Gasteiger partial charge in [-0.3, -0.25) is 9.59 Å². The number of fused-ring (bicyclic) bond motifs is 1. The predicted molar refractivity (Wildman–Crippen MR) is 119 cm³/mol. The number of allylic oxidation sites excluding steroid dienone is 1. The number of nitrogens with zero attached hydrogens (tertiary/aromatic N) is 2. The Hall–Kier alpha value is -2.93. The van der Waals surface area contributed by atoms with Crippen molar-refractivity contribution in [3.8, 4) is 0 Å². The Morgan fingerprint density at radius 2 is 2.03 bits per heavy atom. The molecule has 1 aromatic heterocycles. The highest BCUT2D eigenvalue weighted by Crippen LogP contribution is 2.19. The molecule has 3 N–H and O–H groups in total. The normalized spacial score (nSPS) is 13.4. The van der Waals surface area contributed by atoms with Gasteiger partial charge in [-0.05, 0) is 56.8 Å². The lowest BCUT2D eigenvalue weighted by Crippen LogP contribution is -2.31. The minimum atomic E-state index is -0.407. The van der Waals surface area contributed by atoms with E-state index in [9.17, 15) is 9.59 Å². The van der Waals surface area contributed by atoms with Gasteiger partial charge in [-0.2, -0.15) is 4.99 Å². The fourth-order valence-electron chi connectivity index (χ4n) is 2.74. The highest BCUT2D eigenvalue weighted by atomic mass is 35.5. The summed E-state index contributed by atoms with van der Waals surface area (Å²) in [6, 6.07) is 6.64. The Morgan fingerprint density at radius 1 is 1.31 bits per heavy atom. The number of hydrogen-bond acceptors (Lipinski definition) is 3. The number of aliphatic imine (C=N–C) groups is 2. The lowest BCUT2D eigenvalue weighted by atomic mass is 10.1. The Kier molecular flexibility index (Phi) is 7.73. The van der Waals surface area contributed by atoms with E-state index in [0.717, 1.165) is 5.39 Å². The molecule has 29 heavy (non-hydrogen) atoms. The summed E-state index contributed by atoms with van der Waals surface area (Å²) in [6.07, 6.45) is 2.06. The Morgan fingerprint density at radius 3 is 2.66 bits per heavy atom. The van der Waals surface area contributed by atoms with E-state index < -0.39 is 6.04 Å². The van der Waals surface area contributed by atoms with Crippen molar-refractivity contribution in [2.45, 2.75) is 40.2 Å². The summed E-state index contributed by atoms with van der Waals surface area (Å²) < 4.78 is 0. The van der Waals surface area contributed by atoms with Crippen LogP contribution in [-0.4, -0.2) is 23.6 Å². The van der Waals surface area contributed by atoms with E-state index in [-0.39, 0.29) is 23.3 Å². The molecule has 0 saturated heterocycles. The average molecular weight is 416 g/mol. The second-order valence-electron chi connectivity index (χ2n) is 7.06. The number of H-pyrrole nitrogens is 1. The van der Waals surface area contributed by atoms with E-state index in [4.69, 9.17) is 11.6 Å². The van der Waals surface area contributed by atoms with Crippen LogP contribution in [0.3, 0.4) is 0 Å². The summed E-state index contributed by atoms with van der Waals surface area (Å²) in [5, 5.41) is 7.20. The second-order valence-corrected chi connectivity index (χ2v) is 7.50. The summed E-state index contributed by atoms with van der Waals surface area (Å²) in [7, 11) is 0. The summed E-state index contributed by atoms with van der Waals surface area (Å²) in [5.74, 6) is 0.662. The monoisotopic (exact) mass is 415 g/mol. The molecule has 8 heteroatoms. The molecular weight excluding hydrogens is 390 g/mol. The van der Waals surface area contributed by atoms with E-state index in [1.165, 1.54) is 0 Å². The van der Waals surface area contributed by atoms with E-state index >= 15 is 0 Å². The van der Waals surface area contributed by atoms with Crippen molar-refractivity contribution in [2.75, 3.05) is 0 Å². The van der Waals surface area contributed by atoms with E-state index in [1.54, 1.807) is 37.3 Å². The van der Waals surface area contributed by atoms with Crippen LogP contribution < -0.4 is 16.2 Å². The molecule has 0 aliphatic heterocycles. The molecule has 0 aliphatic carbocycles. The number of carbonyl (C=O) groups is 1. The smallest absolute Gasteiger partial charge is 0.253 e. The third-order valence-corrected chi connectivity index (χ3v) is 4.39. The summed E-state index contributed by atoms with van der Waals surface area (Å²) >= 11 is 6.05. The molecule has 0 unspecified atom stereocenters. The Bertz CT molecular complexity index is 1020. The Balaban J connectivity index is 2.23. The number of halogens is 1. The molecule has 154 valence electrons. The number of rotatable bonds is 6. The molecule has 7 nitrogen and oxygen atoms in total. The minimum Gasteiger partial charge on any atom is -0.347 e. The van der Waals surface area contributed by atoms with Crippen LogP contribution in [0.15, 0.2) is 50.9 Å². The standard InChI is InChI=1S/C21H26ClN5O2/c1-6-18(26-19(28)9-12(2)3)27-21(23-5)24-13(4)16-11-14-10-15(22)7-8-17(14)25-20(16)29/h6-8,10-13H,5,9H2,1-4H3,(H,24,27)(H,25,29)(H,26,28)/b18-6-/t13-/m0/s1. The van der Waals surface area contributed by atoms with Crippen LogP contribution in [-0.2, 0) is 4.79 Å². The van der Waals surface area contributed by atoms with Gasteiger partial charge in [-0.15, -0.1) is 0 Å². The van der Waals surface area contributed by atoms with Gasteiger partial charge in [0.2, 0.25) is 11.9 Å². The molecule has 0 spiro atoms. The van der Waals surface area contributed by atoms with Crippen molar-refractivity contribution >= 4 is 41.1 Å². The average Bonchev–Trinajstić information content (AvgIpc) is 2.65. The van der Waals surface area contributed by atoms with Crippen molar-refractivity contribution in [1.29, 1.82) is 0 Å². The van der Waals surface area contributed by atoms with Gasteiger partial charge >= 0.3 is 0 Å². The zero-order chi connectivity index (χ0) is 21.6. The van der Waals surface area contributed by atoms with Gasteiger partial charge in [0.1, 0.15) is 5.82 Å². The molecule has 1 aromatic carbocycles. The highest BCUT2D eigenvalue weighted by Gasteiger charge is 2.14. The van der Waals surface area contributed by atoms with Gasteiger partial charge in [0.05, 0.1) is 6.04 Å². The van der Waals surface area contributed by atoms with Gasteiger partial charge in [-0.1, -0.05) is 25.4 Å². The topological polar surface area (TPSA) is 98.7 Å². The van der Waals surface area contributed by atoms with Crippen LogP contribution in [0.1, 0.15) is 45.7 Å². The van der Waals surface area contributed by atoms with Gasteiger partial charge in [-0.25, -0.2) is 4.99 Å². The van der Waals surface area contributed by atoms with Crippen molar-refractivity contribution in [3.63, 3.8) is 0 Å². The first kappa shape index (κ1) is 22.4. The molecule has 2 aromatic rings. The number of amides is 1. The van der Waals surface area contributed by atoms with Crippen LogP contribution in [0.25, 0.3) is 10.9 Å². The van der Waals surface area contributed by atoms with E-state index in [0.29, 0.717) is 28.3 Å². The lowest BCUT2D eigenvalue weighted by molar-refractivity contribution is -0.121. The molecule has 0 radical (unpaired) electrons. The lowest BCUT2D eigenvalue weighted by Gasteiger charge is -2.15. The number of benzene rings is 1. The van der Waals surface area contributed by atoms with E-state index in [1.807, 2.05) is 20.8 Å². The van der Waals surface area contributed by atoms with Crippen LogP contribution >= 0.6 is 11.6 Å². The number of aromatic nitrogens is 1. The quantitative estimate of drug-likeness (QED) is 0.492. The van der Waals surface area contributed by atoms with Gasteiger partial charge < -0.3 is 15.6 Å². The predicted octanol–water partition coefficient (Wildman–Crippen LogP) is 3.91. The van der Waals surface area contributed by atoms with Crippen molar-refractivity contribution in [1.82, 2.24) is 15.6 Å². The SMILES string of the molecule is C=N/C(=N\C(=C/C)NC(=O)CC(C)C)N[C@@H](C)c1cc2cc(Cl)ccc2[nH]c1=O. The second kappa shape index (κ2) is 10.0. The summed E-state index contributed by atoms with van der Waals surface area (Å²) in [5.41, 5.74) is 0.983. The van der Waals surface area contributed by atoms with Crippen LogP contribution in [0, 0.1) is 5.92 Å². The maximum atomic E-state index is 12.5. The molecule has 1 atom stereocenters. The zero-order valence-corrected chi connectivity index (χ0v) is 17.8. The maximum Gasteiger partial charge on any atom is 0.253 e. The number of guanidine groups is 1. The fraction of sp³-hybridized carbons (Fsp3) is 0.333. The van der Waals surface area contributed by atoms with Gasteiger partial charge in [0.25, 0.3) is 5.56 Å². The molecular formula is C21H26ClN5O2. The summed E-state index contributed by atoms with van der Waals surface area (Å²) in [4.78, 5) is 35.5. The number of hydrogen-bond donors (Lipinski definition) is 3. The zero-order valence-electron chi connectivity index (χ0n) is 17.0. The molecule has 0 saturated carbocycles. The minimum absolute atomic E-state index is 0.129. The van der Waals surface area contributed by atoms with E-state index in [2.05, 4.69) is 32.3 Å². The molecule has 1 amide bonds. The molecule has 1 heterocycles. The number of nitrogens with one attached hydrogen (secondary N) is 3. The number of aromatic amines is 1.